The average Bonchev–Trinajstić information content (AvgIpc) is 2.09. The molecule has 12 heavy (non-hydrogen) atoms. The maximum absolute atomic E-state index is 11.3. The molecule has 0 aromatic carbocycles. The summed E-state index contributed by atoms with van der Waals surface area (Å²) in [6.07, 6.45) is 2.67. The van der Waals surface area contributed by atoms with Crippen LogP contribution in [0, 0.1) is 5.92 Å². The molecule has 0 bridgehead atoms. The molecule has 1 N–H and O–H groups in total. The number of carbonyl (C=O) groups is 1. The van der Waals surface area contributed by atoms with Crippen molar-refractivity contribution in [3.05, 3.63) is 0 Å². The maximum atomic E-state index is 11.3. The van der Waals surface area contributed by atoms with Crippen molar-refractivity contribution in [1.82, 2.24) is 5.32 Å². The zero-order valence-electron chi connectivity index (χ0n) is 7.64. The molecule has 0 radical (unpaired) electrons. The van der Waals surface area contributed by atoms with E-state index < -0.39 is 0 Å². The fraction of sp³-hybridized carbons (Fsp3) is 0.889. The van der Waals surface area contributed by atoms with Gasteiger partial charge in [0.05, 0.1) is 0 Å². The lowest BCUT2D eigenvalue weighted by Gasteiger charge is -2.21. The number of hydrogen-bond donors (Lipinski definition) is 1. The van der Waals surface area contributed by atoms with Crippen LogP contribution in [0.5, 0.6) is 0 Å². The highest BCUT2D eigenvalue weighted by Gasteiger charge is 2.20. The molecular weight excluding hydrogens is 154 g/mol. The summed E-state index contributed by atoms with van der Waals surface area (Å²) in [5, 5.41) is 3.23. The number of ether oxygens (including phenoxy) is 1. The molecule has 1 aliphatic heterocycles. The van der Waals surface area contributed by atoms with Gasteiger partial charge in [0, 0.05) is 39.1 Å². The zero-order valence-corrected chi connectivity index (χ0v) is 7.64. The predicted octanol–water partition coefficient (Wildman–Crippen LogP) is 0.592. The number of nitrogens with one attached hydrogen (secondary N) is 1. The van der Waals surface area contributed by atoms with E-state index in [9.17, 15) is 4.79 Å². The minimum Gasteiger partial charge on any atom is -0.385 e. The molecule has 1 rings (SSSR count). The van der Waals surface area contributed by atoms with Crippen molar-refractivity contribution in [2.24, 2.45) is 5.92 Å². The van der Waals surface area contributed by atoms with Gasteiger partial charge in [-0.25, -0.2) is 0 Å². The third-order valence-corrected chi connectivity index (χ3v) is 2.30. The monoisotopic (exact) mass is 171 g/mol. The van der Waals surface area contributed by atoms with Gasteiger partial charge < -0.3 is 10.1 Å². The van der Waals surface area contributed by atoms with Gasteiger partial charge >= 0.3 is 0 Å². The largest absolute Gasteiger partial charge is 0.385 e. The van der Waals surface area contributed by atoms with Crippen LogP contribution >= 0.6 is 0 Å². The predicted molar refractivity (Wildman–Crippen MR) is 47.1 cm³/mol. The molecule has 3 heteroatoms. The van der Waals surface area contributed by atoms with E-state index in [0.29, 0.717) is 12.2 Å². The third kappa shape index (κ3) is 2.91. The molecule has 1 fully saturated rings. The number of methoxy groups -OCH3 is 1. The Balaban J connectivity index is 2.16. The second-order valence-electron chi connectivity index (χ2n) is 3.25. The van der Waals surface area contributed by atoms with E-state index in [1.807, 2.05) is 0 Å². The summed E-state index contributed by atoms with van der Waals surface area (Å²) in [6, 6.07) is 0. The topological polar surface area (TPSA) is 38.3 Å². The van der Waals surface area contributed by atoms with Gasteiger partial charge in [-0.3, -0.25) is 4.79 Å². The number of Topliss-reactive ketones (excluding diaryl/α,β-unsaturated/α-hetero) is 1. The molecule has 1 atom stereocenters. The van der Waals surface area contributed by atoms with Crippen LogP contribution in [0.4, 0.5) is 0 Å². The first kappa shape index (κ1) is 9.68. The van der Waals surface area contributed by atoms with Crippen LogP contribution in [0.3, 0.4) is 0 Å². The van der Waals surface area contributed by atoms with Gasteiger partial charge in [-0.1, -0.05) is 0 Å². The standard InChI is InChI=1S/C9H17NO2/c1-12-6-2-3-8-7-10-5-4-9(8)11/h8,10H,2-7H2,1H3. The zero-order chi connectivity index (χ0) is 8.81. The van der Waals surface area contributed by atoms with E-state index in [1.54, 1.807) is 7.11 Å². The summed E-state index contributed by atoms with van der Waals surface area (Å²) in [7, 11) is 1.70. The van der Waals surface area contributed by atoms with E-state index in [1.165, 1.54) is 0 Å². The Bertz CT molecular complexity index is 147. The molecule has 0 spiro atoms. The smallest absolute Gasteiger partial charge is 0.138 e. The Labute approximate surface area is 73.5 Å². The van der Waals surface area contributed by atoms with Crippen molar-refractivity contribution >= 4 is 5.78 Å². The van der Waals surface area contributed by atoms with Gasteiger partial charge in [-0.05, 0) is 12.8 Å². The number of piperidine rings is 1. The fourth-order valence-corrected chi connectivity index (χ4v) is 1.54. The Morgan fingerprint density at radius 2 is 2.50 bits per heavy atom. The Kier molecular flexibility index (Phi) is 4.25. The van der Waals surface area contributed by atoms with E-state index in [4.69, 9.17) is 4.74 Å². The van der Waals surface area contributed by atoms with Crippen LogP contribution in [-0.4, -0.2) is 32.6 Å². The van der Waals surface area contributed by atoms with Crippen LogP contribution in [0.2, 0.25) is 0 Å². The number of rotatable bonds is 4. The maximum Gasteiger partial charge on any atom is 0.138 e. The second kappa shape index (κ2) is 5.27. The highest BCUT2D eigenvalue weighted by atomic mass is 16.5. The summed E-state index contributed by atoms with van der Waals surface area (Å²) in [5.74, 6) is 0.666. The molecule has 1 heterocycles. The molecule has 3 nitrogen and oxygen atoms in total. The van der Waals surface area contributed by atoms with Crippen molar-refractivity contribution in [3.8, 4) is 0 Å². The Morgan fingerprint density at radius 1 is 1.67 bits per heavy atom. The van der Waals surface area contributed by atoms with E-state index in [-0.39, 0.29) is 5.92 Å². The van der Waals surface area contributed by atoms with Crippen LogP contribution in [0.25, 0.3) is 0 Å². The van der Waals surface area contributed by atoms with Gasteiger partial charge in [0.15, 0.2) is 0 Å². The normalized spacial score (nSPS) is 24.4. The molecule has 1 saturated heterocycles. The van der Waals surface area contributed by atoms with Gasteiger partial charge in [-0.2, -0.15) is 0 Å². The lowest BCUT2D eigenvalue weighted by molar-refractivity contribution is -0.124. The first-order valence-electron chi connectivity index (χ1n) is 4.57. The third-order valence-electron chi connectivity index (χ3n) is 2.30. The molecule has 0 aliphatic carbocycles. The van der Waals surface area contributed by atoms with Gasteiger partial charge in [0.2, 0.25) is 0 Å². The van der Waals surface area contributed by atoms with Crippen LogP contribution in [0.15, 0.2) is 0 Å². The number of hydrogen-bond acceptors (Lipinski definition) is 3. The highest BCUT2D eigenvalue weighted by Crippen LogP contribution is 2.12. The van der Waals surface area contributed by atoms with Crippen molar-refractivity contribution in [2.75, 3.05) is 26.8 Å². The van der Waals surface area contributed by atoms with Crippen LogP contribution < -0.4 is 5.32 Å². The van der Waals surface area contributed by atoms with E-state index >= 15 is 0 Å². The summed E-state index contributed by atoms with van der Waals surface area (Å²) < 4.78 is 4.94. The van der Waals surface area contributed by atoms with E-state index in [0.717, 1.165) is 32.5 Å². The molecule has 70 valence electrons. The lowest BCUT2D eigenvalue weighted by Crippen LogP contribution is -2.36. The van der Waals surface area contributed by atoms with Gasteiger partial charge in [0.25, 0.3) is 0 Å². The molecular formula is C9H17NO2. The highest BCUT2D eigenvalue weighted by molar-refractivity contribution is 5.82. The van der Waals surface area contributed by atoms with Crippen molar-refractivity contribution < 1.29 is 9.53 Å². The van der Waals surface area contributed by atoms with Crippen LogP contribution in [0.1, 0.15) is 19.3 Å². The van der Waals surface area contributed by atoms with Crippen molar-refractivity contribution in [3.63, 3.8) is 0 Å². The molecule has 1 unspecified atom stereocenters. The quantitative estimate of drug-likeness (QED) is 0.629. The van der Waals surface area contributed by atoms with Crippen molar-refractivity contribution in [2.45, 2.75) is 19.3 Å². The van der Waals surface area contributed by atoms with E-state index in [2.05, 4.69) is 5.32 Å². The first-order valence-corrected chi connectivity index (χ1v) is 4.57. The first-order chi connectivity index (χ1) is 5.84. The second-order valence-corrected chi connectivity index (χ2v) is 3.25. The van der Waals surface area contributed by atoms with Gasteiger partial charge in [-0.15, -0.1) is 0 Å². The average molecular weight is 171 g/mol. The van der Waals surface area contributed by atoms with Gasteiger partial charge in [0.1, 0.15) is 5.78 Å². The SMILES string of the molecule is COCCCC1CNCCC1=O. The molecule has 0 amide bonds. The molecule has 0 aromatic rings. The summed E-state index contributed by atoms with van der Waals surface area (Å²) in [6.45, 7) is 2.49. The molecule has 0 saturated carbocycles. The molecule has 0 aromatic heterocycles. The fourth-order valence-electron chi connectivity index (χ4n) is 1.54. The number of carbonyl (C=O) groups excluding carboxylic acids is 1. The Hall–Kier alpha value is -0.410. The molecule has 1 aliphatic rings. The summed E-state index contributed by atoms with van der Waals surface area (Å²) >= 11 is 0. The van der Waals surface area contributed by atoms with Crippen LogP contribution in [-0.2, 0) is 9.53 Å². The summed E-state index contributed by atoms with van der Waals surface area (Å²) in [5.41, 5.74) is 0. The summed E-state index contributed by atoms with van der Waals surface area (Å²) in [4.78, 5) is 11.3. The minimum absolute atomic E-state index is 0.244. The minimum atomic E-state index is 0.244. The van der Waals surface area contributed by atoms with Crippen molar-refractivity contribution in [1.29, 1.82) is 0 Å². The lowest BCUT2D eigenvalue weighted by atomic mass is 9.93. The number of ketones is 1. The Morgan fingerprint density at radius 3 is 3.17 bits per heavy atom.